The minimum atomic E-state index is 0.0917. The molecule has 104 valence electrons. The molecule has 0 atom stereocenters. The average molecular weight is 371 g/mol. The number of halogens is 3. The smallest absolute Gasteiger partial charge is 0.0624 e. The molecule has 1 fully saturated rings. The predicted octanol–water partition coefficient (Wildman–Crippen LogP) is 4.84. The van der Waals surface area contributed by atoms with Gasteiger partial charge in [-0.2, -0.15) is 0 Å². The van der Waals surface area contributed by atoms with Crippen LogP contribution in [0.15, 0.2) is 46.9 Å². The van der Waals surface area contributed by atoms with Crippen molar-refractivity contribution in [1.82, 2.24) is 5.32 Å². The van der Waals surface area contributed by atoms with E-state index in [1.54, 1.807) is 0 Å². The van der Waals surface area contributed by atoms with Gasteiger partial charge in [0.1, 0.15) is 0 Å². The van der Waals surface area contributed by atoms with Crippen LogP contribution in [0, 0.1) is 0 Å². The Balaban J connectivity index is 1.99. The molecule has 0 spiro atoms. The van der Waals surface area contributed by atoms with Gasteiger partial charge in [-0.15, -0.1) is 0 Å². The molecule has 0 aliphatic carbocycles. The van der Waals surface area contributed by atoms with Crippen molar-refractivity contribution in [1.29, 1.82) is 0 Å². The molecule has 1 heterocycles. The first kappa shape index (κ1) is 14.4. The lowest BCUT2D eigenvalue weighted by Gasteiger charge is -2.44. The fourth-order valence-corrected chi connectivity index (χ4v) is 3.87. The normalized spacial score (nSPS) is 16.8. The van der Waals surface area contributed by atoms with E-state index in [0.717, 1.165) is 29.5 Å². The van der Waals surface area contributed by atoms with Gasteiger partial charge in [-0.25, -0.2) is 0 Å². The molecule has 1 saturated heterocycles. The molecule has 1 N–H and O–H groups in total. The van der Waals surface area contributed by atoms with E-state index in [4.69, 9.17) is 23.2 Å². The van der Waals surface area contributed by atoms with Crippen LogP contribution < -0.4 is 5.32 Å². The van der Waals surface area contributed by atoms with E-state index in [2.05, 4.69) is 45.5 Å². The maximum atomic E-state index is 6.34. The Kier molecular flexibility index (Phi) is 4.09. The Morgan fingerprint density at radius 1 is 1.05 bits per heavy atom. The Morgan fingerprint density at radius 2 is 1.80 bits per heavy atom. The fourth-order valence-electron chi connectivity index (χ4n) is 2.78. The number of nitrogens with one attached hydrogen (secondary N) is 1. The monoisotopic (exact) mass is 369 g/mol. The summed E-state index contributed by atoms with van der Waals surface area (Å²) in [5.41, 5.74) is 2.53. The van der Waals surface area contributed by atoms with Crippen molar-refractivity contribution in [3.8, 4) is 0 Å². The molecule has 1 aliphatic rings. The van der Waals surface area contributed by atoms with Crippen molar-refractivity contribution in [2.75, 3.05) is 13.1 Å². The first-order valence-electron chi connectivity index (χ1n) is 6.51. The summed E-state index contributed by atoms with van der Waals surface area (Å²) < 4.78 is 1.15. The lowest BCUT2D eigenvalue weighted by molar-refractivity contribution is 0.273. The Bertz CT molecular complexity index is 638. The molecule has 2 aromatic carbocycles. The standard InChI is InChI=1S/C16H14BrCl2N/c17-13-6-2-1-5-12(13)16(9-20-10-16)8-11-4-3-7-14(18)15(11)19/h1-7,20H,8-10H2. The van der Waals surface area contributed by atoms with Gasteiger partial charge in [-0.1, -0.05) is 69.5 Å². The van der Waals surface area contributed by atoms with Crippen LogP contribution in [0.4, 0.5) is 0 Å². The quantitative estimate of drug-likeness (QED) is 0.815. The van der Waals surface area contributed by atoms with E-state index in [1.165, 1.54) is 5.56 Å². The van der Waals surface area contributed by atoms with Crippen molar-refractivity contribution in [2.45, 2.75) is 11.8 Å². The zero-order valence-electron chi connectivity index (χ0n) is 10.8. The number of rotatable bonds is 3. The molecule has 3 rings (SSSR count). The summed E-state index contributed by atoms with van der Waals surface area (Å²) in [7, 11) is 0. The van der Waals surface area contributed by atoms with Crippen LogP contribution >= 0.6 is 39.1 Å². The summed E-state index contributed by atoms with van der Waals surface area (Å²) in [4.78, 5) is 0. The molecule has 1 aliphatic heterocycles. The molecule has 0 unspecified atom stereocenters. The van der Waals surface area contributed by atoms with Crippen LogP contribution in [0.3, 0.4) is 0 Å². The zero-order chi connectivity index (χ0) is 14.2. The average Bonchev–Trinajstić information content (AvgIpc) is 2.40. The summed E-state index contributed by atoms with van der Waals surface area (Å²) >= 11 is 16.1. The molecule has 20 heavy (non-hydrogen) atoms. The first-order chi connectivity index (χ1) is 9.62. The molecule has 0 radical (unpaired) electrons. The second-order valence-corrected chi connectivity index (χ2v) is 6.89. The van der Waals surface area contributed by atoms with Gasteiger partial charge in [-0.05, 0) is 29.7 Å². The summed E-state index contributed by atoms with van der Waals surface area (Å²) in [6.45, 7) is 1.91. The van der Waals surface area contributed by atoms with E-state index in [1.807, 2.05) is 18.2 Å². The Labute approximate surface area is 137 Å². The molecule has 4 heteroatoms. The number of hydrogen-bond donors (Lipinski definition) is 1. The van der Waals surface area contributed by atoms with Crippen LogP contribution in [0.2, 0.25) is 10.0 Å². The SMILES string of the molecule is Clc1cccc(CC2(c3ccccc3Br)CNC2)c1Cl. The fraction of sp³-hybridized carbons (Fsp3) is 0.250. The summed E-state index contributed by atoms with van der Waals surface area (Å²) in [6.07, 6.45) is 0.891. The van der Waals surface area contributed by atoms with E-state index >= 15 is 0 Å². The maximum absolute atomic E-state index is 6.34. The highest BCUT2D eigenvalue weighted by Crippen LogP contribution is 2.39. The van der Waals surface area contributed by atoms with Crippen LogP contribution in [-0.4, -0.2) is 13.1 Å². The van der Waals surface area contributed by atoms with Gasteiger partial charge in [0.05, 0.1) is 10.0 Å². The molecule has 0 bridgehead atoms. The minimum Gasteiger partial charge on any atom is -0.315 e. The van der Waals surface area contributed by atoms with Crippen LogP contribution in [0.1, 0.15) is 11.1 Å². The Hall–Kier alpha value is -0.540. The van der Waals surface area contributed by atoms with Gasteiger partial charge >= 0.3 is 0 Å². The van der Waals surface area contributed by atoms with Crippen molar-refractivity contribution < 1.29 is 0 Å². The first-order valence-corrected chi connectivity index (χ1v) is 8.06. The number of benzene rings is 2. The minimum absolute atomic E-state index is 0.0917. The second kappa shape index (κ2) is 5.69. The largest absolute Gasteiger partial charge is 0.315 e. The van der Waals surface area contributed by atoms with Crippen LogP contribution in [0.25, 0.3) is 0 Å². The van der Waals surface area contributed by atoms with Gasteiger partial charge in [0, 0.05) is 23.0 Å². The maximum Gasteiger partial charge on any atom is 0.0624 e. The summed E-state index contributed by atoms with van der Waals surface area (Å²) in [5, 5.41) is 4.68. The topological polar surface area (TPSA) is 12.0 Å². The van der Waals surface area contributed by atoms with Gasteiger partial charge in [0.2, 0.25) is 0 Å². The highest BCUT2D eigenvalue weighted by molar-refractivity contribution is 9.10. The summed E-state index contributed by atoms with van der Waals surface area (Å²) in [6, 6.07) is 14.3. The van der Waals surface area contributed by atoms with Crippen molar-refractivity contribution in [2.24, 2.45) is 0 Å². The lowest BCUT2D eigenvalue weighted by Crippen LogP contribution is -2.58. The second-order valence-electron chi connectivity index (χ2n) is 5.25. The molecular weight excluding hydrogens is 357 g/mol. The van der Waals surface area contributed by atoms with Crippen molar-refractivity contribution >= 4 is 39.1 Å². The Morgan fingerprint density at radius 3 is 2.45 bits per heavy atom. The molecule has 0 aromatic heterocycles. The van der Waals surface area contributed by atoms with Gasteiger partial charge in [0.15, 0.2) is 0 Å². The third-order valence-corrected chi connectivity index (χ3v) is 5.48. The third-order valence-electron chi connectivity index (χ3n) is 3.93. The van der Waals surface area contributed by atoms with E-state index in [9.17, 15) is 0 Å². The molecule has 0 saturated carbocycles. The van der Waals surface area contributed by atoms with Crippen molar-refractivity contribution in [3.05, 3.63) is 68.1 Å². The van der Waals surface area contributed by atoms with Gasteiger partial charge < -0.3 is 5.32 Å². The van der Waals surface area contributed by atoms with Crippen LogP contribution in [0.5, 0.6) is 0 Å². The number of hydrogen-bond acceptors (Lipinski definition) is 1. The lowest BCUT2D eigenvalue weighted by atomic mass is 9.71. The summed E-state index contributed by atoms with van der Waals surface area (Å²) in [5.74, 6) is 0. The van der Waals surface area contributed by atoms with E-state index in [0.29, 0.717) is 10.0 Å². The predicted molar refractivity (Wildman–Crippen MR) is 88.9 cm³/mol. The van der Waals surface area contributed by atoms with Crippen molar-refractivity contribution in [3.63, 3.8) is 0 Å². The highest BCUT2D eigenvalue weighted by atomic mass is 79.9. The molecule has 2 aromatic rings. The highest BCUT2D eigenvalue weighted by Gasteiger charge is 2.40. The third kappa shape index (κ3) is 2.50. The zero-order valence-corrected chi connectivity index (χ0v) is 13.9. The molecule has 1 nitrogen and oxygen atoms in total. The van der Waals surface area contributed by atoms with Crippen LogP contribution in [-0.2, 0) is 11.8 Å². The van der Waals surface area contributed by atoms with Gasteiger partial charge in [-0.3, -0.25) is 0 Å². The van der Waals surface area contributed by atoms with E-state index in [-0.39, 0.29) is 5.41 Å². The van der Waals surface area contributed by atoms with E-state index < -0.39 is 0 Å². The molecular formula is C16H14BrCl2N. The molecule has 0 amide bonds. The van der Waals surface area contributed by atoms with Gasteiger partial charge in [0.25, 0.3) is 0 Å².